The molecular formula is C26H34N2O5S. The molecule has 34 heavy (non-hydrogen) atoms. The van der Waals surface area contributed by atoms with Crippen molar-refractivity contribution in [3.8, 4) is 17.6 Å². The summed E-state index contributed by atoms with van der Waals surface area (Å²) in [5.41, 5.74) is 1.74. The lowest BCUT2D eigenvalue weighted by molar-refractivity contribution is 0.0733. The van der Waals surface area contributed by atoms with Crippen LogP contribution in [0.5, 0.6) is 5.75 Å². The molecule has 0 saturated heterocycles. The molecule has 0 amide bonds. The number of fused-ring (bicyclic) bond motifs is 1. The topological polar surface area (TPSA) is 90.3 Å². The molecule has 0 aliphatic carbocycles. The van der Waals surface area contributed by atoms with Gasteiger partial charge in [-0.1, -0.05) is 49.1 Å². The molecule has 4 atom stereocenters. The molecule has 7 nitrogen and oxygen atoms in total. The maximum atomic E-state index is 13.5. The van der Waals surface area contributed by atoms with Crippen LogP contribution in [0.1, 0.15) is 31.9 Å². The van der Waals surface area contributed by atoms with E-state index in [2.05, 4.69) is 28.9 Å². The van der Waals surface area contributed by atoms with E-state index in [0.29, 0.717) is 12.1 Å². The van der Waals surface area contributed by atoms with E-state index in [1.807, 2.05) is 32.2 Å². The summed E-state index contributed by atoms with van der Waals surface area (Å²) in [4.78, 5) is 2.21. The molecule has 0 saturated carbocycles. The zero-order valence-corrected chi connectivity index (χ0v) is 21.0. The van der Waals surface area contributed by atoms with Gasteiger partial charge in [-0.3, -0.25) is 4.90 Å². The van der Waals surface area contributed by atoms with Crippen molar-refractivity contribution in [3.63, 3.8) is 0 Å². The molecule has 0 radical (unpaired) electrons. The summed E-state index contributed by atoms with van der Waals surface area (Å²) in [6.45, 7) is 6.50. The molecule has 2 N–H and O–H groups in total. The number of hydrogen-bond acceptors (Lipinski definition) is 6. The number of aliphatic hydroxyl groups is 2. The molecule has 1 aliphatic heterocycles. The largest absolute Gasteiger partial charge is 0.487 e. The number of sulfonamides is 1. The molecule has 8 heteroatoms. The van der Waals surface area contributed by atoms with Crippen LogP contribution in [-0.4, -0.2) is 72.8 Å². The molecule has 184 valence electrons. The Bertz CT molecular complexity index is 1120. The van der Waals surface area contributed by atoms with Crippen LogP contribution in [0.3, 0.4) is 0 Å². The predicted molar refractivity (Wildman–Crippen MR) is 132 cm³/mol. The second-order valence-electron chi connectivity index (χ2n) is 9.03. The van der Waals surface area contributed by atoms with Gasteiger partial charge in [-0.2, -0.15) is 4.31 Å². The van der Waals surface area contributed by atoms with Crippen LogP contribution < -0.4 is 4.74 Å². The average molecular weight is 487 g/mol. The lowest BCUT2D eigenvalue weighted by Crippen LogP contribution is -2.49. The van der Waals surface area contributed by atoms with Gasteiger partial charge in [-0.15, -0.1) is 0 Å². The molecule has 1 heterocycles. The van der Waals surface area contributed by atoms with Gasteiger partial charge in [0.15, 0.2) is 0 Å². The molecule has 0 unspecified atom stereocenters. The summed E-state index contributed by atoms with van der Waals surface area (Å²) in [7, 11) is -1.89. The maximum absolute atomic E-state index is 13.5. The highest BCUT2D eigenvalue weighted by Crippen LogP contribution is 2.34. The Balaban J connectivity index is 1.99. The van der Waals surface area contributed by atoms with E-state index >= 15 is 0 Å². The third-order valence-corrected chi connectivity index (χ3v) is 7.90. The Morgan fingerprint density at radius 3 is 2.56 bits per heavy atom. The van der Waals surface area contributed by atoms with Crippen LogP contribution in [0.25, 0.3) is 0 Å². The van der Waals surface area contributed by atoms with Crippen LogP contribution in [-0.2, 0) is 16.6 Å². The van der Waals surface area contributed by atoms with Crippen molar-refractivity contribution in [1.82, 2.24) is 9.21 Å². The standard InChI is InChI=1S/C26H34N2O5S/c1-19-15-28(20(2)18-29)34(31,32)26-13-12-22(11-10-21(3)30)14-24(26)33-25(19)17-27(4)16-23-8-6-5-7-9-23/h5-9,12-14,19-21,25,29-30H,15-18H2,1-4H3/t19-,20+,21-,25+/m1/s1. The first kappa shape index (κ1) is 26.2. The van der Waals surface area contributed by atoms with Gasteiger partial charge in [0.2, 0.25) is 10.0 Å². The Hall–Kier alpha value is -2.41. The van der Waals surface area contributed by atoms with Crippen molar-refractivity contribution < 1.29 is 23.4 Å². The Labute approximate surface area is 203 Å². The second kappa shape index (κ2) is 11.3. The molecule has 1 aliphatic rings. The molecule has 0 aromatic heterocycles. The minimum Gasteiger partial charge on any atom is -0.487 e. The highest BCUT2D eigenvalue weighted by molar-refractivity contribution is 7.89. The minimum atomic E-state index is -3.90. The summed E-state index contributed by atoms with van der Waals surface area (Å²) in [5.74, 6) is 5.64. The lowest BCUT2D eigenvalue weighted by atomic mass is 10.0. The van der Waals surface area contributed by atoms with Gasteiger partial charge in [0.05, 0.1) is 6.61 Å². The van der Waals surface area contributed by atoms with E-state index in [1.165, 1.54) is 15.9 Å². The van der Waals surface area contributed by atoms with E-state index in [-0.39, 0.29) is 35.8 Å². The van der Waals surface area contributed by atoms with E-state index < -0.39 is 22.2 Å². The van der Waals surface area contributed by atoms with Gasteiger partial charge in [-0.05, 0) is 44.7 Å². The summed E-state index contributed by atoms with van der Waals surface area (Å²) in [6, 6.07) is 14.3. The quantitative estimate of drug-likeness (QED) is 0.609. The number of hydrogen-bond donors (Lipinski definition) is 2. The monoisotopic (exact) mass is 486 g/mol. The second-order valence-corrected chi connectivity index (χ2v) is 10.9. The van der Waals surface area contributed by atoms with Crippen molar-refractivity contribution in [3.05, 3.63) is 59.7 Å². The number of aliphatic hydroxyl groups excluding tert-OH is 2. The van der Waals surface area contributed by atoms with Crippen LogP contribution in [0.4, 0.5) is 0 Å². The molecule has 2 aromatic rings. The molecule has 0 spiro atoms. The van der Waals surface area contributed by atoms with Crippen LogP contribution >= 0.6 is 0 Å². The lowest BCUT2D eigenvalue weighted by Gasteiger charge is -2.37. The SMILES string of the molecule is C[C@@H]1CN([C@@H](C)CO)S(=O)(=O)c2ccc(C#C[C@@H](C)O)cc2O[C@H]1CN(C)Cc1ccccc1. The van der Waals surface area contributed by atoms with Crippen molar-refractivity contribution in [2.24, 2.45) is 5.92 Å². The molecule has 2 aromatic carbocycles. The number of nitrogens with zero attached hydrogens (tertiary/aromatic N) is 2. The number of benzene rings is 2. The summed E-state index contributed by atoms with van der Waals surface area (Å²) in [5, 5.41) is 19.3. The van der Waals surface area contributed by atoms with Crippen LogP contribution in [0.15, 0.2) is 53.4 Å². The van der Waals surface area contributed by atoms with Crippen molar-refractivity contribution in [2.75, 3.05) is 26.7 Å². The van der Waals surface area contributed by atoms with Crippen LogP contribution in [0, 0.1) is 17.8 Å². The van der Waals surface area contributed by atoms with Crippen LogP contribution in [0.2, 0.25) is 0 Å². The summed E-state index contributed by atoms with van der Waals surface area (Å²) >= 11 is 0. The minimum absolute atomic E-state index is 0.0537. The van der Waals surface area contributed by atoms with Gasteiger partial charge >= 0.3 is 0 Å². The average Bonchev–Trinajstić information content (AvgIpc) is 2.80. The molecule has 0 bridgehead atoms. The van der Waals surface area contributed by atoms with E-state index in [0.717, 1.165) is 6.54 Å². The normalized spacial score (nSPS) is 21.9. The Morgan fingerprint density at radius 1 is 1.21 bits per heavy atom. The van der Waals surface area contributed by atoms with Crippen molar-refractivity contribution >= 4 is 10.0 Å². The fraction of sp³-hybridized carbons (Fsp3) is 0.462. The first-order valence-corrected chi connectivity index (χ1v) is 12.9. The zero-order valence-electron chi connectivity index (χ0n) is 20.2. The van der Waals surface area contributed by atoms with E-state index in [4.69, 9.17) is 4.74 Å². The van der Waals surface area contributed by atoms with Gasteiger partial charge in [0.1, 0.15) is 22.9 Å². The summed E-state index contributed by atoms with van der Waals surface area (Å²) < 4.78 is 34.8. The number of ether oxygens (including phenoxy) is 1. The third kappa shape index (κ3) is 6.38. The smallest absolute Gasteiger partial charge is 0.247 e. The Morgan fingerprint density at radius 2 is 1.91 bits per heavy atom. The predicted octanol–water partition coefficient (Wildman–Crippen LogP) is 2.32. The van der Waals surface area contributed by atoms with Gasteiger partial charge in [0.25, 0.3) is 0 Å². The van der Waals surface area contributed by atoms with Gasteiger partial charge in [-0.25, -0.2) is 8.42 Å². The zero-order chi connectivity index (χ0) is 24.9. The third-order valence-electron chi connectivity index (χ3n) is 5.88. The van der Waals surface area contributed by atoms with E-state index in [9.17, 15) is 18.6 Å². The number of rotatable bonds is 6. The van der Waals surface area contributed by atoms with Crippen molar-refractivity contribution in [1.29, 1.82) is 0 Å². The molecule has 3 rings (SSSR count). The first-order chi connectivity index (χ1) is 16.1. The molecule has 0 fully saturated rings. The first-order valence-electron chi connectivity index (χ1n) is 11.5. The highest BCUT2D eigenvalue weighted by Gasteiger charge is 2.38. The summed E-state index contributed by atoms with van der Waals surface area (Å²) in [6.07, 6.45) is -1.09. The fourth-order valence-electron chi connectivity index (χ4n) is 3.98. The molecular weight excluding hydrogens is 452 g/mol. The highest BCUT2D eigenvalue weighted by atomic mass is 32.2. The Kier molecular flexibility index (Phi) is 8.74. The van der Waals surface area contributed by atoms with Crippen molar-refractivity contribution in [2.45, 2.75) is 50.5 Å². The number of likely N-dealkylation sites (N-methyl/N-ethyl adjacent to an activating group) is 1. The maximum Gasteiger partial charge on any atom is 0.247 e. The fourth-order valence-corrected chi connectivity index (χ4v) is 5.80. The van der Waals surface area contributed by atoms with E-state index in [1.54, 1.807) is 26.0 Å². The van der Waals surface area contributed by atoms with Gasteiger partial charge < -0.3 is 14.9 Å². The van der Waals surface area contributed by atoms with Gasteiger partial charge in [0, 0.05) is 37.2 Å².